The van der Waals surface area contributed by atoms with Crippen LogP contribution in [-0.2, 0) is 16.6 Å². The molecule has 6 aromatic rings. The van der Waals surface area contributed by atoms with Gasteiger partial charge in [-0.3, -0.25) is 19.5 Å². The van der Waals surface area contributed by atoms with E-state index >= 15 is 0 Å². The number of pyridine rings is 1. The number of fused-ring (bicyclic) bond motifs is 6. The van der Waals surface area contributed by atoms with E-state index in [9.17, 15) is 14.9 Å². The van der Waals surface area contributed by atoms with Crippen molar-refractivity contribution >= 4 is 99.2 Å². The average Bonchev–Trinajstić information content (AvgIpc) is 3.69. The van der Waals surface area contributed by atoms with Crippen molar-refractivity contribution in [2.24, 2.45) is 12.0 Å². The fraction of sp³-hybridized carbons (Fsp3) is 0.115. The molecule has 0 N–H and O–H groups in total. The van der Waals surface area contributed by atoms with Crippen molar-refractivity contribution in [3.8, 4) is 16.6 Å². The molecule has 0 atom stereocenters. The van der Waals surface area contributed by atoms with Crippen LogP contribution in [0.25, 0.3) is 52.1 Å². The number of carbonyl (C=O) groups is 2. The van der Waals surface area contributed by atoms with Crippen molar-refractivity contribution < 1.29 is 9.59 Å². The molecule has 5 aromatic heterocycles. The first-order valence-electron chi connectivity index (χ1n) is 11.4. The summed E-state index contributed by atoms with van der Waals surface area (Å²) in [5.41, 5.74) is 4.65. The summed E-state index contributed by atoms with van der Waals surface area (Å²) in [6.45, 7) is 1.55. The van der Waals surface area contributed by atoms with Crippen molar-refractivity contribution in [3.05, 3.63) is 47.7 Å². The van der Waals surface area contributed by atoms with Crippen LogP contribution in [0.3, 0.4) is 0 Å². The van der Waals surface area contributed by atoms with Crippen LogP contribution >= 0.6 is 34.4 Å². The normalized spacial score (nSPS) is 15.7. The molecular formula is C26H15N7O2S3. The maximum atomic E-state index is 12.8. The number of aromatic nitrogens is 4. The highest BCUT2D eigenvalue weighted by Crippen LogP contribution is 2.46. The molecule has 0 fully saturated rings. The van der Waals surface area contributed by atoms with Crippen LogP contribution in [0.2, 0.25) is 0 Å². The molecule has 0 saturated heterocycles. The molecule has 2 amide bonds. The molecule has 6 heterocycles. The van der Waals surface area contributed by atoms with Crippen molar-refractivity contribution in [3.63, 3.8) is 0 Å². The summed E-state index contributed by atoms with van der Waals surface area (Å²) in [4.78, 5) is 36.2. The van der Waals surface area contributed by atoms with Gasteiger partial charge in [0.25, 0.3) is 11.8 Å². The maximum Gasteiger partial charge on any atom is 0.279 e. The van der Waals surface area contributed by atoms with E-state index in [2.05, 4.69) is 55.7 Å². The molecule has 7 rings (SSSR count). The fourth-order valence-electron chi connectivity index (χ4n) is 4.81. The molecule has 184 valence electrons. The molecule has 38 heavy (non-hydrogen) atoms. The molecule has 0 radical (unpaired) electrons. The van der Waals surface area contributed by atoms with Crippen LogP contribution in [0.1, 0.15) is 6.92 Å². The second-order valence-corrected chi connectivity index (χ2v) is 11.5. The van der Waals surface area contributed by atoms with E-state index in [1.165, 1.54) is 32.1 Å². The van der Waals surface area contributed by atoms with E-state index in [1.807, 2.05) is 6.07 Å². The van der Waals surface area contributed by atoms with Crippen molar-refractivity contribution in [1.29, 1.82) is 5.26 Å². The Balaban J connectivity index is 1.39. The maximum absolute atomic E-state index is 12.8. The predicted octanol–water partition coefficient (Wildman–Crippen LogP) is 5.59. The Kier molecular flexibility index (Phi) is 4.87. The number of amides is 2. The number of hydrogen-bond donors (Lipinski definition) is 0. The Labute approximate surface area is 226 Å². The van der Waals surface area contributed by atoms with E-state index < -0.39 is 11.8 Å². The SMILES string of the molecule is CC1=C(C#N)C(=O)N(C)C(=O)C1=Nc1cnc(-c2cc3c(s2)c2sc4ccccc4c2n3C)c2nsnc12. The van der Waals surface area contributed by atoms with Crippen LogP contribution in [0.15, 0.2) is 52.7 Å². The van der Waals surface area contributed by atoms with Gasteiger partial charge in [0.15, 0.2) is 0 Å². The zero-order chi connectivity index (χ0) is 26.3. The monoisotopic (exact) mass is 553 g/mol. The van der Waals surface area contributed by atoms with Gasteiger partial charge < -0.3 is 4.57 Å². The minimum absolute atomic E-state index is 0.0153. The standard InChI is InChI=1S/C26H15N7O2S3/c1-11-13(9-27)25(34)33(3)26(35)18(11)29-14-10-28-20(21-19(14)30-38-31-21)17-8-15-23(37-17)24-22(32(15)2)12-6-4-5-7-16(12)36-24/h4-8,10H,1-3H3. The number of nitrogens with zero attached hydrogens (tertiary/aromatic N) is 7. The number of carbonyl (C=O) groups excluding carboxylic acids is 2. The third-order valence-corrected chi connectivity index (χ3v) is 9.77. The first-order valence-corrected chi connectivity index (χ1v) is 13.8. The minimum Gasteiger partial charge on any atom is -0.342 e. The lowest BCUT2D eigenvalue weighted by Gasteiger charge is -2.22. The molecule has 1 aliphatic rings. The molecule has 12 heteroatoms. The number of hydrogen-bond acceptors (Lipinski definition) is 10. The van der Waals surface area contributed by atoms with Crippen LogP contribution in [0, 0.1) is 11.3 Å². The summed E-state index contributed by atoms with van der Waals surface area (Å²) in [5.74, 6) is -1.22. The van der Waals surface area contributed by atoms with Gasteiger partial charge in [0.05, 0.1) is 43.2 Å². The van der Waals surface area contributed by atoms with E-state index in [-0.39, 0.29) is 16.9 Å². The van der Waals surface area contributed by atoms with Crippen molar-refractivity contribution in [1.82, 2.24) is 23.2 Å². The van der Waals surface area contributed by atoms with Crippen molar-refractivity contribution in [2.75, 3.05) is 7.05 Å². The number of benzene rings is 1. The van der Waals surface area contributed by atoms with Gasteiger partial charge in [-0.1, -0.05) is 18.2 Å². The van der Waals surface area contributed by atoms with Crippen molar-refractivity contribution in [2.45, 2.75) is 6.92 Å². The number of thiophene rings is 2. The van der Waals surface area contributed by atoms with Crippen LogP contribution in [-0.4, -0.2) is 47.8 Å². The zero-order valence-corrected chi connectivity index (χ0v) is 22.6. The fourth-order valence-corrected chi connectivity index (χ4v) is 7.93. The zero-order valence-electron chi connectivity index (χ0n) is 20.1. The summed E-state index contributed by atoms with van der Waals surface area (Å²) in [6, 6.07) is 12.4. The van der Waals surface area contributed by atoms with Gasteiger partial charge in [-0.05, 0) is 19.1 Å². The van der Waals surface area contributed by atoms with E-state index in [0.717, 1.165) is 27.0 Å². The highest BCUT2D eigenvalue weighted by atomic mass is 32.1. The van der Waals surface area contributed by atoms with Gasteiger partial charge in [0.2, 0.25) is 0 Å². The molecular weight excluding hydrogens is 539 g/mol. The summed E-state index contributed by atoms with van der Waals surface area (Å²) in [5, 5.41) is 10.7. The first-order chi connectivity index (χ1) is 18.4. The molecule has 1 aromatic carbocycles. The molecule has 0 unspecified atom stereocenters. The molecule has 0 bridgehead atoms. The number of aryl methyl sites for hydroxylation is 1. The Morgan fingerprint density at radius 1 is 1.03 bits per heavy atom. The highest BCUT2D eigenvalue weighted by molar-refractivity contribution is 7.32. The number of rotatable bonds is 2. The minimum atomic E-state index is -0.639. The topological polar surface area (TPSA) is 117 Å². The Hall–Kier alpha value is -4.31. The van der Waals surface area contributed by atoms with Gasteiger partial charge >= 0.3 is 0 Å². The lowest BCUT2D eigenvalue weighted by molar-refractivity contribution is -0.136. The molecule has 9 nitrogen and oxygen atoms in total. The average molecular weight is 554 g/mol. The predicted molar refractivity (Wildman–Crippen MR) is 151 cm³/mol. The Bertz CT molecular complexity index is 2130. The van der Waals surface area contributed by atoms with Gasteiger partial charge in [-0.15, -0.1) is 22.7 Å². The van der Waals surface area contributed by atoms with Crippen LogP contribution in [0.4, 0.5) is 5.69 Å². The second kappa shape index (κ2) is 8.09. The molecule has 0 aliphatic carbocycles. The van der Waals surface area contributed by atoms with Crippen LogP contribution in [0.5, 0.6) is 0 Å². The van der Waals surface area contributed by atoms with E-state index in [4.69, 9.17) is 4.98 Å². The second-order valence-electron chi connectivity index (χ2n) is 8.86. The summed E-state index contributed by atoms with van der Waals surface area (Å²) >= 11 is 4.50. The molecule has 0 saturated carbocycles. The Morgan fingerprint density at radius 2 is 1.82 bits per heavy atom. The lowest BCUT2D eigenvalue weighted by atomic mass is 9.99. The molecule has 0 spiro atoms. The van der Waals surface area contributed by atoms with Crippen LogP contribution < -0.4 is 0 Å². The highest BCUT2D eigenvalue weighted by Gasteiger charge is 2.34. The summed E-state index contributed by atoms with van der Waals surface area (Å²) in [7, 11) is 3.42. The third-order valence-electron chi connectivity index (χ3n) is 6.79. The number of aliphatic imine (C=N–C) groups is 1. The van der Waals surface area contributed by atoms with Gasteiger partial charge in [-0.25, -0.2) is 4.99 Å². The lowest BCUT2D eigenvalue weighted by Crippen LogP contribution is -2.44. The summed E-state index contributed by atoms with van der Waals surface area (Å²) < 4.78 is 14.9. The van der Waals surface area contributed by atoms with Gasteiger partial charge in [-0.2, -0.15) is 14.0 Å². The van der Waals surface area contributed by atoms with E-state index in [1.54, 1.807) is 35.8 Å². The largest absolute Gasteiger partial charge is 0.342 e. The van der Waals surface area contributed by atoms with Gasteiger partial charge in [0, 0.05) is 29.8 Å². The van der Waals surface area contributed by atoms with E-state index in [0.29, 0.717) is 22.4 Å². The first kappa shape index (κ1) is 22.9. The number of nitriles is 1. The third kappa shape index (κ3) is 3.00. The quantitative estimate of drug-likeness (QED) is 0.258. The number of imide groups is 1. The Morgan fingerprint density at radius 3 is 2.63 bits per heavy atom. The molecule has 1 aliphatic heterocycles. The number of likely N-dealkylation sites (N-methyl/N-ethyl adjacent to an activating group) is 1. The summed E-state index contributed by atoms with van der Waals surface area (Å²) in [6.07, 6.45) is 1.56. The smallest absolute Gasteiger partial charge is 0.279 e. The van der Waals surface area contributed by atoms with Gasteiger partial charge in [0.1, 0.15) is 39.8 Å².